The van der Waals surface area contributed by atoms with Crippen LogP contribution in [0.1, 0.15) is 25.0 Å². The maximum atomic E-state index is 12.0. The lowest BCUT2D eigenvalue weighted by Crippen LogP contribution is -2.30. The van der Waals surface area contributed by atoms with Crippen molar-refractivity contribution < 1.29 is 9.53 Å². The number of nitrogens with two attached hydrogens (primary N) is 1. The molecule has 0 aliphatic rings. The van der Waals surface area contributed by atoms with Gasteiger partial charge in [0.2, 0.25) is 0 Å². The van der Waals surface area contributed by atoms with Gasteiger partial charge in [0.1, 0.15) is 0 Å². The normalized spacial score (nSPS) is 11.8. The van der Waals surface area contributed by atoms with Crippen LogP contribution in [0.2, 0.25) is 0 Å². The minimum atomic E-state index is -0.587. The summed E-state index contributed by atoms with van der Waals surface area (Å²) in [6.07, 6.45) is 0. The van der Waals surface area contributed by atoms with Crippen LogP contribution in [0.15, 0.2) is 28.4 Å². The standard InChI is InChI=1S/C15H21N5O2S/c1-5-22-14(21)13(11(4)17-20-15(16)23)19-18-12-7-6-9(2)8-10(12)3/h6-8,18H,5H2,1-4H3,(H3,16,20,23)/b17-11-,19-13-. The lowest BCUT2D eigenvalue weighted by molar-refractivity contribution is -0.134. The summed E-state index contributed by atoms with van der Waals surface area (Å²) in [7, 11) is 0. The summed E-state index contributed by atoms with van der Waals surface area (Å²) in [6, 6.07) is 5.85. The zero-order valence-corrected chi connectivity index (χ0v) is 14.5. The second kappa shape index (κ2) is 8.84. The summed E-state index contributed by atoms with van der Waals surface area (Å²) < 4.78 is 4.99. The van der Waals surface area contributed by atoms with Gasteiger partial charge in [-0.15, -0.1) is 0 Å². The highest BCUT2D eigenvalue weighted by atomic mass is 32.1. The highest BCUT2D eigenvalue weighted by Crippen LogP contribution is 2.15. The Hall–Kier alpha value is -2.48. The minimum Gasteiger partial charge on any atom is -0.461 e. The van der Waals surface area contributed by atoms with Gasteiger partial charge in [-0.2, -0.15) is 10.2 Å². The average molecular weight is 335 g/mol. The molecule has 0 aromatic heterocycles. The molecule has 0 amide bonds. The molecule has 0 aliphatic heterocycles. The number of rotatable bonds is 6. The Labute approximate surface area is 141 Å². The van der Waals surface area contributed by atoms with Crippen molar-refractivity contribution in [3.8, 4) is 0 Å². The second-order valence-corrected chi connectivity index (χ2v) is 5.22. The smallest absolute Gasteiger partial charge is 0.360 e. The van der Waals surface area contributed by atoms with Crippen molar-refractivity contribution in [2.75, 3.05) is 12.0 Å². The van der Waals surface area contributed by atoms with Crippen molar-refractivity contribution in [2.24, 2.45) is 15.9 Å². The van der Waals surface area contributed by atoms with Crippen LogP contribution in [0.3, 0.4) is 0 Å². The molecule has 0 saturated heterocycles. The van der Waals surface area contributed by atoms with Gasteiger partial charge in [0.15, 0.2) is 10.8 Å². The number of aryl methyl sites for hydroxylation is 2. The van der Waals surface area contributed by atoms with E-state index in [4.69, 9.17) is 10.5 Å². The van der Waals surface area contributed by atoms with E-state index in [1.165, 1.54) is 0 Å². The van der Waals surface area contributed by atoms with Crippen molar-refractivity contribution in [3.63, 3.8) is 0 Å². The summed E-state index contributed by atoms with van der Waals surface area (Å²) in [5.74, 6) is -0.587. The maximum Gasteiger partial charge on any atom is 0.360 e. The average Bonchev–Trinajstić information content (AvgIpc) is 2.47. The molecule has 124 valence electrons. The predicted molar refractivity (Wildman–Crippen MR) is 96.6 cm³/mol. The van der Waals surface area contributed by atoms with Crippen molar-refractivity contribution in [3.05, 3.63) is 29.3 Å². The number of benzene rings is 1. The quantitative estimate of drug-likeness (QED) is 0.317. The molecule has 0 radical (unpaired) electrons. The topological polar surface area (TPSA) is 101 Å². The Morgan fingerprint density at radius 1 is 1.35 bits per heavy atom. The molecule has 1 aromatic carbocycles. The molecule has 7 nitrogen and oxygen atoms in total. The third-order valence-electron chi connectivity index (χ3n) is 2.82. The fraction of sp³-hybridized carbons (Fsp3) is 0.333. The van der Waals surface area contributed by atoms with E-state index in [1.54, 1.807) is 13.8 Å². The van der Waals surface area contributed by atoms with E-state index >= 15 is 0 Å². The number of thiocarbonyl (C=S) groups is 1. The number of esters is 1. The number of carbonyl (C=O) groups excluding carboxylic acids is 1. The van der Waals surface area contributed by atoms with E-state index in [9.17, 15) is 4.79 Å². The fourth-order valence-corrected chi connectivity index (χ4v) is 1.77. The van der Waals surface area contributed by atoms with E-state index in [0.29, 0.717) is 5.71 Å². The molecule has 0 aliphatic carbocycles. The van der Waals surface area contributed by atoms with Crippen molar-refractivity contribution in [1.29, 1.82) is 0 Å². The third-order valence-corrected chi connectivity index (χ3v) is 2.91. The largest absolute Gasteiger partial charge is 0.461 e. The number of nitrogens with zero attached hydrogens (tertiary/aromatic N) is 2. The van der Waals surface area contributed by atoms with Crippen LogP contribution >= 0.6 is 12.2 Å². The van der Waals surface area contributed by atoms with Crippen molar-refractivity contribution in [2.45, 2.75) is 27.7 Å². The van der Waals surface area contributed by atoms with Crippen molar-refractivity contribution in [1.82, 2.24) is 5.43 Å². The molecule has 0 spiro atoms. The molecule has 0 bridgehead atoms. The zero-order chi connectivity index (χ0) is 17.4. The number of nitrogens with one attached hydrogen (secondary N) is 2. The number of carbonyl (C=O) groups is 1. The van der Waals surface area contributed by atoms with Crippen LogP contribution in [-0.2, 0) is 9.53 Å². The molecule has 0 heterocycles. The molecular formula is C15H21N5O2S. The Morgan fingerprint density at radius 3 is 2.61 bits per heavy atom. The van der Waals surface area contributed by atoms with Crippen LogP contribution in [0.5, 0.6) is 0 Å². The Kier molecular flexibility index (Phi) is 7.14. The number of hydrogen-bond acceptors (Lipinski definition) is 6. The molecule has 0 atom stereocenters. The van der Waals surface area contributed by atoms with Gasteiger partial charge < -0.3 is 10.5 Å². The van der Waals surface area contributed by atoms with Crippen LogP contribution in [0, 0.1) is 13.8 Å². The first-order chi connectivity index (χ1) is 10.8. The number of hydrazone groups is 2. The summed E-state index contributed by atoms with van der Waals surface area (Å²) in [4.78, 5) is 12.0. The highest BCUT2D eigenvalue weighted by molar-refractivity contribution is 7.80. The first kappa shape index (κ1) is 18.6. The molecular weight excluding hydrogens is 314 g/mol. The molecule has 0 unspecified atom stereocenters. The lowest BCUT2D eigenvalue weighted by Gasteiger charge is -2.09. The Balaban J connectivity index is 3.05. The molecule has 1 rings (SSSR count). The van der Waals surface area contributed by atoms with Gasteiger partial charge in [-0.3, -0.25) is 10.9 Å². The van der Waals surface area contributed by atoms with Crippen molar-refractivity contribution >= 4 is 40.4 Å². The zero-order valence-electron chi connectivity index (χ0n) is 13.6. The first-order valence-corrected chi connectivity index (χ1v) is 7.44. The summed E-state index contributed by atoms with van der Waals surface area (Å²) >= 11 is 4.68. The number of ether oxygens (including phenoxy) is 1. The minimum absolute atomic E-state index is 0.00472. The van der Waals surface area contributed by atoms with Crippen LogP contribution < -0.4 is 16.6 Å². The molecule has 4 N–H and O–H groups in total. The molecule has 8 heteroatoms. The van der Waals surface area contributed by atoms with Gasteiger partial charge >= 0.3 is 5.97 Å². The highest BCUT2D eigenvalue weighted by Gasteiger charge is 2.17. The second-order valence-electron chi connectivity index (χ2n) is 4.78. The van der Waals surface area contributed by atoms with E-state index in [0.717, 1.165) is 16.8 Å². The van der Waals surface area contributed by atoms with Gasteiger partial charge in [-0.25, -0.2) is 4.79 Å². The first-order valence-electron chi connectivity index (χ1n) is 7.03. The monoisotopic (exact) mass is 335 g/mol. The van der Waals surface area contributed by atoms with E-state index < -0.39 is 5.97 Å². The molecule has 0 saturated carbocycles. The third kappa shape index (κ3) is 6.03. The fourth-order valence-electron chi connectivity index (χ4n) is 1.72. The maximum absolute atomic E-state index is 12.0. The lowest BCUT2D eigenvalue weighted by atomic mass is 10.1. The SMILES string of the molecule is CCOC(=O)C(=N\Nc1ccc(C)cc1C)/C(C)=N\NC(N)=S. The van der Waals surface area contributed by atoms with Gasteiger partial charge in [0.05, 0.1) is 18.0 Å². The number of anilines is 1. The van der Waals surface area contributed by atoms with E-state index in [-0.39, 0.29) is 17.4 Å². The van der Waals surface area contributed by atoms with Gasteiger partial charge in [-0.05, 0) is 51.5 Å². The summed E-state index contributed by atoms with van der Waals surface area (Å²) in [5.41, 5.74) is 13.9. The summed E-state index contributed by atoms with van der Waals surface area (Å²) in [5, 5.41) is 8.02. The van der Waals surface area contributed by atoms with Crippen LogP contribution in [-0.4, -0.2) is 29.1 Å². The van der Waals surface area contributed by atoms with Gasteiger partial charge in [-0.1, -0.05) is 17.7 Å². The molecule has 23 heavy (non-hydrogen) atoms. The van der Waals surface area contributed by atoms with E-state index in [2.05, 4.69) is 33.3 Å². The van der Waals surface area contributed by atoms with E-state index in [1.807, 2.05) is 32.0 Å². The van der Waals surface area contributed by atoms with Crippen LogP contribution in [0.4, 0.5) is 5.69 Å². The number of hydrogen-bond donors (Lipinski definition) is 3. The van der Waals surface area contributed by atoms with Gasteiger partial charge in [0.25, 0.3) is 0 Å². The Bertz CT molecular complexity index is 655. The van der Waals surface area contributed by atoms with Gasteiger partial charge in [0, 0.05) is 0 Å². The summed E-state index contributed by atoms with van der Waals surface area (Å²) in [6.45, 7) is 7.50. The Morgan fingerprint density at radius 2 is 2.04 bits per heavy atom. The molecule has 0 fully saturated rings. The molecule has 1 aromatic rings. The van der Waals surface area contributed by atoms with Crippen LogP contribution in [0.25, 0.3) is 0 Å². The predicted octanol–water partition coefficient (Wildman–Crippen LogP) is 1.84.